The van der Waals surface area contributed by atoms with Gasteiger partial charge in [-0.15, -0.1) is 0 Å². The van der Waals surface area contributed by atoms with Crippen molar-refractivity contribution in [3.05, 3.63) is 11.1 Å². The van der Waals surface area contributed by atoms with Crippen molar-refractivity contribution in [3.63, 3.8) is 0 Å². The van der Waals surface area contributed by atoms with Gasteiger partial charge >= 0.3 is 5.97 Å². The van der Waals surface area contributed by atoms with Crippen LogP contribution < -0.4 is 0 Å². The summed E-state index contributed by atoms with van der Waals surface area (Å²) in [5.41, 5.74) is 0. The molecule has 3 rings (SSSR count). The first-order valence-electron chi connectivity index (χ1n) is 7.72. The Kier molecular flexibility index (Phi) is 4.40. The van der Waals surface area contributed by atoms with Gasteiger partial charge in [0, 0.05) is 19.1 Å². The highest BCUT2D eigenvalue weighted by Gasteiger charge is 2.27. The molecule has 1 aromatic rings. The molecule has 6 nitrogen and oxygen atoms in total. The van der Waals surface area contributed by atoms with Crippen LogP contribution in [0.3, 0.4) is 0 Å². The van der Waals surface area contributed by atoms with Gasteiger partial charge in [0.2, 0.25) is 0 Å². The number of nitrogens with zero attached hydrogens (tertiary/aromatic N) is 4. The number of hydrogen-bond donors (Lipinski definition) is 0. The predicted octanol–water partition coefficient (Wildman–Crippen LogP) is 1.98. The molecule has 0 atom stereocenters. The van der Waals surface area contributed by atoms with Crippen LogP contribution in [0, 0.1) is 10.7 Å². The van der Waals surface area contributed by atoms with Crippen molar-refractivity contribution in [2.45, 2.75) is 45.3 Å². The molecule has 1 aliphatic heterocycles. The highest BCUT2D eigenvalue weighted by molar-refractivity contribution is 7.71. The first-order chi connectivity index (χ1) is 10.2. The Balaban J connectivity index is 1.53. The quantitative estimate of drug-likeness (QED) is 0.615. The normalized spacial score (nSPS) is 20.6. The van der Waals surface area contributed by atoms with E-state index in [9.17, 15) is 4.79 Å². The molecular formula is C14H22N4O2S. The molecule has 2 heterocycles. The summed E-state index contributed by atoms with van der Waals surface area (Å²) in [4.78, 5) is 14.0. The fourth-order valence-electron chi connectivity index (χ4n) is 2.81. The lowest BCUT2D eigenvalue weighted by Gasteiger charge is -2.30. The Morgan fingerprint density at radius 2 is 2.10 bits per heavy atom. The number of rotatable bonds is 5. The molecule has 2 aliphatic rings. The summed E-state index contributed by atoms with van der Waals surface area (Å²) >= 11 is 5.47. The number of esters is 1. The minimum atomic E-state index is -0.0493. The largest absolute Gasteiger partial charge is 0.466 e. The van der Waals surface area contributed by atoms with Crippen molar-refractivity contribution in [3.8, 4) is 0 Å². The summed E-state index contributed by atoms with van der Waals surface area (Å²) in [6, 6.07) is 0.570. The van der Waals surface area contributed by atoms with Gasteiger partial charge in [0.25, 0.3) is 0 Å². The predicted molar refractivity (Wildman–Crippen MR) is 80.3 cm³/mol. The molecule has 2 fully saturated rings. The smallest absolute Gasteiger partial charge is 0.309 e. The van der Waals surface area contributed by atoms with Crippen LogP contribution in [0.4, 0.5) is 0 Å². The van der Waals surface area contributed by atoms with Crippen LogP contribution >= 0.6 is 12.2 Å². The van der Waals surface area contributed by atoms with Gasteiger partial charge in [-0.2, -0.15) is 5.10 Å². The Morgan fingerprint density at radius 1 is 1.38 bits per heavy atom. The van der Waals surface area contributed by atoms with Gasteiger partial charge in [0.15, 0.2) is 4.77 Å². The van der Waals surface area contributed by atoms with Crippen LogP contribution in [0.15, 0.2) is 6.33 Å². The highest BCUT2D eigenvalue weighted by atomic mass is 32.1. The molecule has 0 N–H and O–H groups in total. The van der Waals surface area contributed by atoms with Gasteiger partial charge in [-0.1, -0.05) is 0 Å². The number of carbonyl (C=O) groups excluding carboxylic acids is 1. The van der Waals surface area contributed by atoms with E-state index in [2.05, 4.69) is 14.6 Å². The molecule has 0 amide bonds. The van der Waals surface area contributed by atoms with Gasteiger partial charge < -0.3 is 9.30 Å². The summed E-state index contributed by atoms with van der Waals surface area (Å²) < 4.78 is 9.89. The second-order valence-corrected chi connectivity index (χ2v) is 6.20. The Bertz CT molecular complexity index is 556. The van der Waals surface area contributed by atoms with Gasteiger partial charge in [-0.05, 0) is 44.8 Å². The third-order valence-electron chi connectivity index (χ3n) is 4.24. The third kappa shape index (κ3) is 3.35. The van der Waals surface area contributed by atoms with Crippen LogP contribution in [-0.4, -0.2) is 44.9 Å². The van der Waals surface area contributed by atoms with E-state index in [0.717, 1.165) is 30.7 Å². The van der Waals surface area contributed by atoms with E-state index >= 15 is 0 Å². The zero-order valence-electron chi connectivity index (χ0n) is 12.4. The van der Waals surface area contributed by atoms with Crippen LogP contribution in [0.25, 0.3) is 0 Å². The molecule has 1 aromatic heterocycles. The van der Waals surface area contributed by atoms with Crippen molar-refractivity contribution < 1.29 is 9.53 Å². The van der Waals surface area contributed by atoms with Gasteiger partial charge in [0.05, 0.1) is 19.2 Å². The lowest BCUT2D eigenvalue weighted by Crippen LogP contribution is -2.38. The third-order valence-corrected chi connectivity index (χ3v) is 4.66. The second kappa shape index (κ2) is 6.27. The Labute approximate surface area is 129 Å². The Hall–Kier alpha value is -1.21. The molecule has 0 unspecified atom stereocenters. The number of hydrogen-bond acceptors (Lipinski definition) is 5. The Morgan fingerprint density at radius 3 is 2.71 bits per heavy atom. The molecule has 7 heteroatoms. The maximum absolute atomic E-state index is 11.7. The lowest BCUT2D eigenvalue weighted by atomic mass is 9.97. The molecule has 21 heavy (non-hydrogen) atoms. The molecule has 1 aliphatic carbocycles. The summed E-state index contributed by atoms with van der Waals surface area (Å²) in [5, 5.41) is 4.40. The van der Waals surface area contributed by atoms with Crippen LogP contribution in [0.1, 0.15) is 38.6 Å². The number of aromatic nitrogens is 3. The van der Waals surface area contributed by atoms with E-state index in [1.165, 1.54) is 12.8 Å². The molecule has 0 spiro atoms. The van der Waals surface area contributed by atoms with E-state index in [1.54, 1.807) is 0 Å². The van der Waals surface area contributed by atoms with Gasteiger partial charge in [-0.3, -0.25) is 9.69 Å². The molecular weight excluding hydrogens is 288 g/mol. The molecule has 116 valence electrons. The number of piperidine rings is 1. The summed E-state index contributed by atoms with van der Waals surface area (Å²) in [6.07, 6.45) is 5.99. The van der Waals surface area contributed by atoms with Crippen molar-refractivity contribution >= 4 is 18.2 Å². The van der Waals surface area contributed by atoms with E-state index in [4.69, 9.17) is 17.0 Å². The summed E-state index contributed by atoms with van der Waals surface area (Å²) in [5.74, 6) is 0.00460. The maximum atomic E-state index is 11.7. The topological polar surface area (TPSA) is 52.3 Å². The molecule has 0 aromatic carbocycles. The van der Waals surface area contributed by atoms with E-state index in [-0.39, 0.29) is 11.9 Å². The molecule has 0 bridgehead atoms. The molecule has 1 saturated heterocycles. The minimum Gasteiger partial charge on any atom is -0.466 e. The van der Waals surface area contributed by atoms with E-state index < -0.39 is 0 Å². The highest BCUT2D eigenvalue weighted by Crippen LogP contribution is 2.34. The van der Waals surface area contributed by atoms with Gasteiger partial charge in [0.1, 0.15) is 6.33 Å². The monoisotopic (exact) mass is 310 g/mol. The van der Waals surface area contributed by atoms with E-state index in [0.29, 0.717) is 19.3 Å². The average Bonchev–Trinajstić information content (AvgIpc) is 3.26. The van der Waals surface area contributed by atoms with Crippen LogP contribution in [0.5, 0.6) is 0 Å². The minimum absolute atomic E-state index is 0.0493. The van der Waals surface area contributed by atoms with Crippen molar-refractivity contribution in [1.29, 1.82) is 0 Å². The average molecular weight is 310 g/mol. The fraction of sp³-hybridized carbons (Fsp3) is 0.786. The fourth-order valence-corrected chi connectivity index (χ4v) is 3.11. The van der Waals surface area contributed by atoms with Gasteiger partial charge in [-0.25, -0.2) is 4.68 Å². The first-order valence-corrected chi connectivity index (χ1v) is 8.12. The number of ether oxygens (including phenoxy) is 1. The van der Waals surface area contributed by atoms with Crippen LogP contribution in [-0.2, 0) is 16.2 Å². The zero-order chi connectivity index (χ0) is 14.8. The van der Waals surface area contributed by atoms with Crippen molar-refractivity contribution in [1.82, 2.24) is 19.2 Å². The number of likely N-dealkylation sites (tertiary alicyclic amines) is 1. The first kappa shape index (κ1) is 14.7. The maximum Gasteiger partial charge on any atom is 0.309 e. The zero-order valence-corrected chi connectivity index (χ0v) is 13.2. The lowest BCUT2D eigenvalue weighted by molar-refractivity contribution is -0.149. The summed E-state index contributed by atoms with van der Waals surface area (Å²) in [7, 11) is 0. The standard InChI is InChI=1S/C14H22N4O2S/c1-2-20-13(19)11-5-7-16(8-6-11)10-18-14(21)17(9-15-18)12-3-4-12/h9,11-12H,2-8,10H2,1H3. The molecule has 0 radical (unpaired) electrons. The summed E-state index contributed by atoms with van der Waals surface area (Å²) in [6.45, 7) is 4.81. The van der Waals surface area contributed by atoms with E-state index in [1.807, 2.05) is 17.9 Å². The SMILES string of the molecule is CCOC(=O)C1CCN(Cn2ncn(C3CC3)c2=S)CC1. The number of carbonyl (C=O) groups is 1. The van der Waals surface area contributed by atoms with Crippen molar-refractivity contribution in [2.24, 2.45) is 5.92 Å². The van der Waals surface area contributed by atoms with Crippen LogP contribution in [0.2, 0.25) is 0 Å². The van der Waals surface area contributed by atoms with Crippen molar-refractivity contribution in [2.75, 3.05) is 19.7 Å². The second-order valence-electron chi connectivity index (χ2n) is 5.84. The molecule has 1 saturated carbocycles.